The number of hydrogen-bond donors (Lipinski definition) is 1. The van der Waals surface area contributed by atoms with E-state index in [4.69, 9.17) is 0 Å². The van der Waals surface area contributed by atoms with Crippen molar-refractivity contribution in [3.63, 3.8) is 0 Å². The summed E-state index contributed by atoms with van der Waals surface area (Å²) in [6.45, 7) is 2.20. The van der Waals surface area contributed by atoms with E-state index in [-0.39, 0.29) is 46.9 Å². The minimum atomic E-state index is -0.626. The fraction of sp³-hybridized carbons (Fsp3) is 0.500. The minimum absolute atomic E-state index is 0.0241. The fourth-order valence-corrected chi connectivity index (χ4v) is 4.22. The molecule has 0 unspecified atom stereocenters. The maximum atomic E-state index is 13.5. The van der Waals surface area contributed by atoms with Crippen LogP contribution in [0.4, 0.5) is 0 Å². The Bertz CT molecular complexity index is 1090. The van der Waals surface area contributed by atoms with Gasteiger partial charge < -0.3 is 9.80 Å². The van der Waals surface area contributed by atoms with E-state index in [9.17, 15) is 19.2 Å². The first-order valence-corrected chi connectivity index (χ1v) is 8.95. The van der Waals surface area contributed by atoms with E-state index >= 15 is 0 Å². The largest absolute Gasteiger partial charge is 0.344 e. The van der Waals surface area contributed by atoms with Crippen molar-refractivity contribution < 1.29 is 9.59 Å². The van der Waals surface area contributed by atoms with Crippen LogP contribution in [0.3, 0.4) is 0 Å². The van der Waals surface area contributed by atoms with Crippen LogP contribution >= 0.6 is 0 Å². The average molecular weight is 371 g/mol. The number of nitrogens with zero attached hydrogens (tertiary/aromatic N) is 4. The van der Waals surface area contributed by atoms with Gasteiger partial charge in [-0.25, -0.2) is 9.78 Å². The summed E-state index contributed by atoms with van der Waals surface area (Å²) in [5.41, 5.74) is -0.252. The highest BCUT2D eigenvalue weighted by molar-refractivity contribution is 6.06. The molecule has 2 aliphatic heterocycles. The zero-order valence-electron chi connectivity index (χ0n) is 15.5. The number of hydrogen-bond acceptors (Lipinski definition) is 5. The van der Waals surface area contributed by atoms with Gasteiger partial charge in [-0.2, -0.15) is 0 Å². The van der Waals surface area contributed by atoms with E-state index in [0.29, 0.717) is 12.2 Å². The van der Waals surface area contributed by atoms with Crippen molar-refractivity contribution in [2.24, 2.45) is 7.05 Å². The van der Waals surface area contributed by atoms with Crippen molar-refractivity contribution in [1.82, 2.24) is 24.3 Å². The summed E-state index contributed by atoms with van der Waals surface area (Å²) in [7, 11) is 3.25. The minimum Gasteiger partial charge on any atom is -0.344 e. The number of rotatable bonds is 1. The van der Waals surface area contributed by atoms with E-state index < -0.39 is 11.2 Å². The van der Waals surface area contributed by atoms with Crippen LogP contribution in [0.2, 0.25) is 0 Å². The van der Waals surface area contributed by atoms with Crippen LogP contribution in [-0.4, -0.2) is 61.8 Å². The molecule has 1 N–H and O–H groups in total. The average Bonchev–Trinajstić information content (AvgIpc) is 2.94. The van der Waals surface area contributed by atoms with Crippen LogP contribution in [0.1, 0.15) is 35.3 Å². The summed E-state index contributed by atoms with van der Waals surface area (Å²) in [6.07, 6.45) is 1.88. The number of carbonyl (C=O) groups is 2. The first-order chi connectivity index (χ1) is 12.8. The standard InChI is InChI=1S/C18H21N5O4/c1-9-6-12(14-15(19-9)22(3)18(27)20-16(14)25)17(26)23-10-4-5-11(23)8-21(2)13(24)7-10/h6,10-11H,4-5,7-8H2,1-3H3,(H,20,25,27)/t10-,11+/m1/s1. The molecule has 2 bridgehead atoms. The lowest BCUT2D eigenvalue weighted by molar-refractivity contribution is -0.130. The summed E-state index contributed by atoms with van der Waals surface area (Å²) in [5.74, 6) is -0.263. The lowest BCUT2D eigenvalue weighted by Gasteiger charge is -2.28. The third-order valence-corrected chi connectivity index (χ3v) is 5.60. The zero-order chi connectivity index (χ0) is 19.5. The second-order valence-corrected chi connectivity index (χ2v) is 7.40. The van der Waals surface area contributed by atoms with Gasteiger partial charge in [-0.05, 0) is 25.8 Å². The van der Waals surface area contributed by atoms with Gasteiger partial charge in [0.05, 0.1) is 10.9 Å². The third kappa shape index (κ3) is 2.65. The Hall–Kier alpha value is -2.97. The molecular weight excluding hydrogens is 350 g/mol. The number of aromatic amines is 1. The summed E-state index contributed by atoms with van der Waals surface area (Å²) >= 11 is 0. The first-order valence-electron chi connectivity index (χ1n) is 8.95. The SMILES string of the molecule is Cc1cc(C(=O)N2[C@@H]3CC[C@H]2CN(C)C(=O)C3)c2c(=O)[nH]c(=O)n(C)c2n1. The van der Waals surface area contributed by atoms with Gasteiger partial charge in [-0.1, -0.05) is 0 Å². The monoisotopic (exact) mass is 371 g/mol. The lowest BCUT2D eigenvalue weighted by Crippen LogP contribution is -2.43. The number of aryl methyl sites for hydroxylation is 2. The van der Waals surface area contributed by atoms with Gasteiger partial charge in [0, 0.05) is 44.8 Å². The second-order valence-electron chi connectivity index (χ2n) is 7.40. The highest BCUT2D eigenvalue weighted by atomic mass is 16.2. The molecule has 4 rings (SSSR count). The highest BCUT2D eigenvalue weighted by Gasteiger charge is 2.42. The molecule has 2 aromatic rings. The lowest BCUT2D eigenvalue weighted by atomic mass is 10.1. The fourth-order valence-electron chi connectivity index (χ4n) is 4.22. The molecule has 0 saturated carbocycles. The molecule has 2 aromatic heterocycles. The van der Waals surface area contributed by atoms with Gasteiger partial charge >= 0.3 is 5.69 Å². The zero-order valence-corrected chi connectivity index (χ0v) is 15.5. The van der Waals surface area contributed by atoms with Crippen LogP contribution < -0.4 is 11.2 Å². The molecule has 0 spiro atoms. The van der Waals surface area contributed by atoms with E-state index in [1.54, 1.807) is 29.8 Å². The number of amides is 2. The number of likely N-dealkylation sites (tertiary alicyclic amines) is 1. The maximum Gasteiger partial charge on any atom is 0.329 e. The Labute approximate surface area is 154 Å². The summed E-state index contributed by atoms with van der Waals surface area (Å²) in [5, 5.41) is 0.107. The Morgan fingerprint density at radius 1 is 1.19 bits per heavy atom. The molecule has 2 atom stereocenters. The predicted octanol–water partition coefficient (Wildman–Crippen LogP) is -0.234. The molecule has 2 aliphatic rings. The van der Waals surface area contributed by atoms with Crippen LogP contribution in [0.25, 0.3) is 11.0 Å². The van der Waals surface area contributed by atoms with Crippen LogP contribution in [-0.2, 0) is 11.8 Å². The molecular formula is C18H21N5O4. The number of nitrogens with one attached hydrogen (secondary N) is 1. The van der Waals surface area contributed by atoms with E-state index in [0.717, 1.165) is 12.8 Å². The number of pyridine rings is 1. The topological polar surface area (TPSA) is 108 Å². The number of H-pyrrole nitrogens is 1. The van der Waals surface area contributed by atoms with Crippen molar-refractivity contribution >= 4 is 22.8 Å². The Balaban J connectivity index is 1.89. The van der Waals surface area contributed by atoms with Crippen molar-refractivity contribution in [3.05, 3.63) is 38.2 Å². The Kier molecular flexibility index (Phi) is 3.90. The van der Waals surface area contributed by atoms with E-state index in [2.05, 4.69) is 9.97 Å². The molecule has 2 fully saturated rings. The molecule has 27 heavy (non-hydrogen) atoms. The maximum absolute atomic E-state index is 13.5. The van der Waals surface area contributed by atoms with Gasteiger partial charge in [-0.15, -0.1) is 0 Å². The molecule has 0 radical (unpaired) electrons. The van der Waals surface area contributed by atoms with Crippen molar-refractivity contribution in [2.45, 2.75) is 38.3 Å². The van der Waals surface area contributed by atoms with Crippen molar-refractivity contribution in [2.75, 3.05) is 13.6 Å². The van der Waals surface area contributed by atoms with Gasteiger partial charge in [0.25, 0.3) is 11.5 Å². The second kappa shape index (κ2) is 6.04. The predicted molar refractivity (Wildman–Crippen MR) is 97.6 cm³/mol. The number of carbonyl (C=O) groups excluding carboxylic acids is 2. The van der Waals surface area contributed by atoms with Crippen LogP contribution in [0, 0.1) is 6.92 Å². The third-order valence-electron chi connectivity index (χ3n) is 5.60. The molecule has 0 aliphatic carbocycles. The van der Waals surface area contributed by atoms with Gasteiger partial charge in [-0.3, -0.25) is 23.9 Å². The Morgan fingerprint density at radius 3 is 2.63 bits per heavy atom. The molecule has 9 heteroatoms. The van der Waals surface area contributed by atoms with E-state index in [1.807, 2.05) is 0 Å². The van der Waals surface area contributed by atoms with Crippen LogP contribution in [0.15, 0.2) is 15.7 Å². The molecule has 9 nitrogen and oxygen atoms in total. The van der Waals surface area contributed by atoms with Gasteiger partial charge in [0.2, 0.25) is 5.91 Å². The normalized spacial score (nSPS) is 22.4. The Morgan fingerprint density at radius 2 is 1.89 bits per heavy atom. The molecule has 4 heterocycles. The van der Waals surface area contributed by atoms with Gasteiger partial charge in [0.1, 0.15) is 5.65 Å². The van der Waals surface area contributed by atoms with Gasteiger partial charge in [0.15, 0.2) is 0 Å². The molecule has 2 amide bonds. The molecule has 2 saturated heterocycles. The first kappa shape index (κ1) is 17.4. The van der Waals surface area contributed by atoms with Crippen LogP contribution in [0.5, 0.6) is 0 Å². The molecule has 142 valence electrons. The summed E-state index contributed by atoms with van der Waals surface area (Å²) in [6, 6.07) is 1.34. The smallest absolute Gasteiger partial charge is 0.329 e. The summed E-state index contributed by atoms with van der Waals surface area (Å²) in [4.78, 5) is 60.0. The number of likely N-dealkylation sites (N-methyl/N-ethyl adjacent to an activating group) is 1. The van der Waals surface area contributed by atoms with E-state index in [1.165, 1.54) is 11.6 Å². The molecule has 0 aromatic carbocycles. The highest BCUT2D eigenvalue weighted by Crippen LogP contribution is 2.32. The number of aromatic nitrogens is 3. The summed E-state index contributed by atoms with van der Waals surface area (Å²) < 4.78 is 1.23. The number of fused-ring (bicyclic) bond motifs is 3. The quantitative estimate of drug-likeness (QED) is 0.745. The van der Waals surface area contributed by atoms with Crippen molar-refractivity contribution in [3.8, 4) is 0 Å². The van der Waals surface area contributed by atoms with Crippen molar-refractivity contribution in [1.29, 1.82) is 0 Å².